The number of benzene rings is 1. The fraction of sp³-hybridized carbons (Fsp3) is 0.462. The average molecular weight is 301 g/mol. The van der Waals surface area contributed by atoms with Crippen molar-refractivity contribution >= 4 is 16.0 Å². The molecule has 1 N–H and O–H groups in total. The van der Waals surface area contributed by atoms with Gasteiger partial charge in [0.05, 0.1) is 10.5 Å². The van der Waals surface area contributed by atoms with Crippen molar-refractivity contribution in [1.82, 2.24) is 4.31 Å². The van der Waals surface area contributed by atoms with Crippen molar-refractivity contribution in [3.05, 3.63) is 29.1 Å². The Morgan fingerprint density at radius 3 is 2.45 bits per heavy atom. The number of aromatic carboxylic acids is 1. The lowest BCUT2D eigenvalue weighted by Crippen LogP contribution is -2.41. The minimum Gasteiger partial charge on any atom is -0.478 e. The number of nitrogens with zero attached hydrogens (tertiary/aromatic N) is 1. The van der Waals surface area contributed by atoms with Crippen LogP contribution < -0.4 is 0 Å². The van der Waals surface area contributed by atoms with Gasteiger partial charge in [0.25, 0.3) is 0 Å². The average Bonchev–Trinajstić information content (AvgIpc) is 2.29. The van der Waals surface area contributed by atoms with Crippen LogP contribution in [0.15, 0.2) is 17.0 Å². The summed E-state index contributed by atoms with van der Waals surface area (Å²) < 4.78 is 39.9. The second-order valence-electron chi connectivity index (χ2n) is 4.99. The minimum atomic E-state index is -3.88. The first-order chi connectivity index (χ1) is 9.25. The topological polar surface area (TPSA) is 74.7 Å². The van der Waals surface area contributed by atoms with Crippen molar-refractivity contribution in [3.63, 3.8) is 0 Å². The number of carboxylic acids is 1. The van der Waals surface area contributed by atoms with Crippen molar-refractivity contribution in [2.75, 3.05) is 7.05 Å². The summed E-state index contributed by atoms with van der Waals surface area (Å²) in [5.41, 5.74) is -0.421. The van der Waals surface area contributed by atoms with Crippen LogP contribution in [-0.4, -0.2) is 36.9 Å². The summed E-state index contributed by atoms with van der Waals surface area (Å²) in [6.07, 6.45) is 2.51. The maximum atomic E-state index is 13.7. The molecule has 1 saturated carbocycles. The normalized spacial score (nSPS) is 16.2. The first kappa shape index (κ1) is 14.9. The van der Waals surface area contributed by atoms with Gasteiger partial charge in [-0.2, -0.15) is 4.31 Å². The van der Waals surface area contributed by atoms with Crippen molar-refractivity contribution < 1.29 is 22.7 Å². The number of hydrogen-bond donors (Lipinski definition) is 1. The molecule has 0 amide bonds. The van der Waals surface area contributed by atoms with Crippen LogP contribution in [0.25, 0.3) is 0 Å². The predicted molar refractivity (Wildman–Crippen MR) is 70.7 cm³/mol. The van der Waals surface area contributed by atoms with Gasteiger partial charge in [-0.15, -0.1) is 0 Å². The van der Waals surface area contributed by atoms with E-state index in [0.717, 1.165) is 31.4 Å². The molecule has 7 heteroatoms. The van der Waals surface area contributed by atoms with Gasteiger partial charge in [0, 0.05) is 18.7 Å². The van der Waals surface area contributed by atoms with E-state index in [2.05, 4.69) is 0 Å². The lowest BCUT2D eigenvalue weighted by molar-refractivity contribution is 0.0696. The molecule has 0 aliphatic heterocycles. The van der Waals surface area contributed by atoms with Crippen LogP contribution in [0.4, 0.5) is 4.39 Å². The third-order valence-corrected chi connectivity index (χ3v) is 5.83. The van der Waals surface area contributed by atoms with Crippen LogP contribution in [0.5, 0.6) is 0 Å². The Morgan fingerprint density at radius 1 is 1.40 bits per heavy atom. The van der Waals surface area contributed by atoms with Crippen LogP contribution in [0.2, 0.25) is 0 Å². The number of sulfonamides is 1. The van der Waals surface area contributed by atoms with E-state index in [1.807, 2.05) is 0 Å². The number of carboxylic acid groups (broad SMARTS) is 1. The molecule has 0 bridgehead atoms. The highest BCUT2D eigenvalue weighted by Crippen LogP contribution is 2.30. The lowest BCUT2D eigenvalue weighted by atomic mass is 9.94. The smallest absolute Gasteiger partial charge is 0.335 e. The second kappa shape index (κ2) is 5.14. The van der Waals surface area contributed by atoms with E-state index < -0.39 is 21.8 Å². The maximum Gasteiger partial charge on any atom is 0.335 e. The number of hydrogen-bond acceptors (Lipinski definition) is 3. The quantitative estimate of drug-likeness (QED) is 0.923. The predicted octanol–water partition coefficient (Wildman–Crippen LogP) is 2.01. The summed E-state index contributed by atoms with van der Waals surface area (Å²) in [7, 11) is -2.43. The van der Waals surface area contributed by atoms with Crippen molar-refractivity contribution in [2.24, 2.45) is 0 Å². The fourth-order valence-electron chi connectivity index (χ4n) is 2.15. The Labute approximate surface area is 117 Å². The monoisotopic (exact) mass is 301 g/mol. The third kappa shape index (κ3) is 2.43. The van der Waals surface area contributed by atoms with Gasteiger partial charge in [0.2, 0.25) is 10.0 Å². The Bertz CT molecular complexity index is 653. The largest absolute Gasteiger partial charge is 0.478 e. The molecule has 0 radical (unpaired) electrons. The molecule has 0 unspecified atom stereocenters. The van der Waals surface area contributed by atoms with Gasteiger partial charge < -0.3 is 5.11 Å². The first-order valence-electron chi connectivity index (χ1n) is 6.26. The molecule has 20 heavy (non-hydrogen) atoms. The SMILES string of the molecule is Cc1c(F)cc(C(=O)O)cc1S(=O)(=O)N(C)C1CCC1. The zero-order chi connectivity index (χ0) is 15.1. The minimum absolute atomic E-state index is 0.0545. The Morgan fingerprint density at radius 2 is 2.00 bits per heavy atom. The zero-order valence-electron chi connectivity index (χ0n) is 11.3. The molecule has 0 heterocycles. The van der Waals surface area contributed by atoms with Crippen LogP contribution >= 0.6 is 0 Å². The van der Waals surface area contributed by atoms with Crippen molar-refractivity contribution in [2.45, 2.75) is 37.1 Å². The molecule has 1 aromatic rings. The Hall–Kier alpha value is -1.47. The molecular weight excluding hydrogens is 285 g/mol. The van der Waals surface area contributed by atoms with Gasteiger partial charge in [-0.1, -0.05) is 6.42 Å². The molecule has 110 valence electrons. The Balaban J connectivity index is 2.52. The summed E-state index contributed by atoms with van der Waals surface area (Å²) in [5, 5.41) is 8.92. The molecular formula is C13H16FNO4S. The third-order valence-electron chi connectivity index (χ3n) is 3.79. The number of halogens is 1. The van der Waals surface area contributed by atoms with Gasteiger partial charge in [-0.25, -0.2) is 17.6 Å². The van der Waals surface area contributed by atoms with E-state index in [-0.39, 0.29) is 22.1 Å². The molecule has 1 aliphatic carbocycles. The standard InChI is InChI=1S/C13H16FNO4S/c1-8-11(14)6-9(13(16)17)7-12(8)20(18,19)15(2)10-4-3-5-10/h6-7,10H,3-5H2,1-2H3,(H,16,17). The van der Waals surface area contributed by atoms with E-state index in [0.29, 0.717) is 0 Å². The summed E-state index contributed by atoms with van der Waals surface area (Å²) in [4.78, 5) is 10.7. The van der Waals surface area contributed by atoms with Gasteiger partial charge in [0.15, 0.2) is 0 Å². The van der Waals surface area contributed by atoms with Crippen LogP contribution in [0, 0.1) is 12.7 Å². The summed E-state index contributed by atoms with van der Waals surface area (Å²) in [6, 6.07) is 1.77. The van der Waals surface area contributed by atoms with E-state index in [1.165, 1.54) is 18.3 Å². The van der Waals surface area contributed by atoms with E-state index in [4.69, 9.17) is 5.11 Å². The summed E-state index contributed by atoms with van der Waals surface area (Å²) in [6.45, 7) is 1.34. The van der Waals surface area contributed by atoms with Gasteiger partial charge in [-0.05, 0) is 31.9 Å². The van der Waals surface area contributed by atoms with E-state index in [9.17, 15) is 17.6 Å². The highest BCUT2D eigenvalue weighted by Gasteiger charge is 2.33. The van der Waals surface area contributed by atoms with Gasteiger partial charge in [-0.3, -0.25) is 0 Å². The van der Waals surface area contributed by atoms with Gasteiger partial charge in [0.1, 0.15) is 5.82 Å². The highest BCUT2D eigenvalue weighted by molar-refractivity contribution is 7.89. The molecule has 0 spiro atoms. The van der Waals surface area contributed by atoms with Crippen LogP contribution in [-0.2, 0) is 10.0 Å². The molecule has 1 aromatic carbocycles. The molecule has 0 atom stereocenters. The second-order valence-corrected chi connectivity index (χ2v) is 6.96. The fourth-order valence-corrected chi connectivity index (χ4v) is 3.82. The molecule has 5 nitrogen and oxygen atoms in total. The lowest BCUT2D eigenvalue weighted by Gasteiger charge is -2.34. The summed E-state index contributed by atoms with van der Waals surface area (Å²) in [5.74, 6) is -2.18. The molecule has 1 fully saturated rings. The van der Waals surface area contributed by atoms with Crippen molar-refractivity contribution in [3.8, 4) is 0 Å². The highest BCUT2D eigenvalue weighted by atomic mass is 32.2. The molecule has 0 saturated heterocycles. The van der Waals surface area contributed by atoms with Crippen LogP contribution in [0.1, 0.15) is 35.2 Å². The summed E-state index contributed by atoms with van der Waals surface area (Å²) >= 11 is 0. The number of rotatable bonds is 4. The van der Waals surface area contributed by atoms with Crippen molar-refractivity contribution in [1.29, 1.82) is 0 Å². The molecule has 2 rings (SSSR count). The maximum absolute atomic E-state index is 13.7. The molecule has 1 aliphatic rings. The number of carbonyl (C=O) groups is 1. The van der Waals surface area contributed by atoms with E-state index >= 15 is 0 Å². The zero-order valence-corrected chi connectivity index (χ0v) is 12.1. The Kier molecular flexibility index (Phi) is 3.84. The molecule has 0 aromatic heterocycles. The van der Waals surface area contributed by atoms with E-state index in [1.54, 1.807) is 0 Å². The van der Waals surface area contributed by atoms with Gasteiger partial charge >= 0.3 is 5.97 Å². The van der Waals surface area contributed by atoms with Crippen LogP contribution in [0.3, 0.4) is 0 Å². The first-order valence-corrected chi connectivity index (χ1v) is 7.70.